The molecule has 1 atom stereocenters. The highest BCUT2D eigenvalue weighted by molar-refractivity contribution is 7.07. The Morgan fingerprint density at radius 1 is 0.889 bits per heavy atom. The molecule has 2 aliphatic rings. The summed E-state index contributed by atoms with van der Waals surface area (Å²) < 4.78 is 14.5. The Morgan fingerprint density at radius 2 is 1.69 bits per heavy atom. The number of hydrogen-bond acceptors (Lipinski definition) is 5. The van der Waals surface area contributed by atoms with Gasteiger partial charge in [0.05, 0.1) is 23.4 Å². The van der Waals surface area contributed by atoms with Gasteiger partial charge in [0, 0.05) is 11.1 Å². The second-order valence-corrected chi connectivity index (χ2v) is 12.4. The molecule has 1 aliphatic carbocycles. The molecule has 220 valence electrons. The van der Waals surface area contributed by atoms with Crippen LogP contribution in [0.3, 0.4) is 0 Å². The number of aryl methyl sites for hydroxylation is 1. The van der Waals surface area contributed by atoms with Crippen LogP contribution in [0.2, 0.25) is 0 Å². The predicted octanol–water partition coefficient (Wildman–Crippen LogP) is 7.06. The Labute approximate surface area is 264 Å². The van der Waals surface area contributed by atoms with Gasteiger partial charge in [0.1, 0.15) is 18.1 Å². The van der Waals surface area contributed by atoms with Crippen molar-refractivity contribution in [3.8, 4) is 11.5 Å². The first-order chi connectivity index (χ1) is 22.2. The van der Waals surface area contributed by atoms with Crippen LogP contribution < -0.4 is 24.4 Å². The maximum absolute atomic E-state index is 14.3. The van der Waals surface area contributed by atoms with Crippen LogP contribution in [0.5, 0.6) is 11.5 Å². The lowest BCUT2D eigenvalue weighted by Crippen LogP contribution is -2.38. The van der Waals surface area contributed by atoms with Crippen molar-refractivity contribution in [2.45, 2.75) is 25.5 Å². The molecule has 0 spiro atoms. The van der Waals surface area contributed by atoms with Crippen LogP contribution in [0.25, 0.3) is 22.5 Å². The minimum atomic E-state index is -0.264. The zero-order chi connectivity index (χ0) is 30.3. The molecule has 0 amide bonds. The summed E-state index contributed by atoms with van der Waals surface area (Å²) in [5, 5.41) is 2.36. The van der Waals surface area contributed by atoms with E-state index in [0.717, 1.165) is 52.3 Å². The molecule has 1 aromatic heterocycles. The number of methoxy groups -OCH3 is 1. The standard InChI is InChI=1S/C39H30N2O3S/c1-43-30-16-9-14-28(22-30)37-33-21-20-26-11-3-6-18-32(26)36(33)40-39-41(37)38(42)35(45-39)23-27-12-4-7-19-34(27)44-24-29-15-8-13-25-10-2-5-17-31(25)29/h2-19,22-23,37H,20-21,24H2,1H3. The maximum atomic E-state index is 14.3. The summed E-state index contributed by atoms with van der Waals surface area (Å²) in [7, 11) is 1.67. The van der Waals surface area contributed by atoms with E-state index in [-0.39, 0.29) is 11.6 Å². The van der Waals surface area contributed by atoms with E-state index in [2.05, 4.69) is 66.7 Å². The van der Waals surface area contributed by atoms with Crippen molar-refractivity contribution in [1.82, 2.24) is 4.57 Å². The molecule has 0 radical (unpaired) electrons. The summed E-state index contributed by atoms with van der Waals surface area (Å²) in [6, 6.07) is 38.8. The maximum Gasteiger partial charge on any atom is 0.271 e. The minimum absolute atomic E-state index is 0.0548. The lowest BCUT2D eigenvalue weighted by Gasteiger charge is -2.31. The van der Waals surface area contributed by atoms with Crippen molar-refractivity contribution in [2.75, 3.05) is 7.11 Å². The van der Waals surface area contributed by atoms with Crippen LogP contribution >= 0.6 is 11.3 Å². The second-order valence-electron chi connectivity index (χ2n) is 11.4. The third-order valence-electron chi connectivity index (χ3n) is 8.75. The molecule has 2 heterocycles. The van der Waals surface area contributed by atoms with Gasteiger partial charge in [-0.05, 0) is 70.2 Å². The molecule has 0 N–H and O–H groups in total. The van der Waals surface area contributed by atoms with E-state index in [9.17, 15) is 4.79 Å². The summed E-state index contributed by atoms with van der Waals surface area (Å²) in [5.41, 5.74) is 7.53. The number of rotatable bonds is 6. The summed E-state index contributed by atoms with van der Waals surface area (Å²) in [6.45, 7) is 0.426. The summed E-state index contributed by atoms with van der Waals surface area (Å²) >= 11 is 1.43. The quantitative estimate of drug-likeness (QED) is 0.204. The number of nitrogens with zero attached hydrogens (tertiary/aromatic N) is 2. The van der Waals surface area contributed by atoms with Crippen molar-refractivity contribution >= 4 is 33.9 Å². The number of benzene rings is 5. The Morgan fingerprint density at radius 3 is 2.62 bits per heavy atom. The van der Waals surface area contributed by atoms with E-state index in [0.29, 0.717) is 15.9 Å². The number of allylic oxidation sites excluding steroid dienone is 1. The highest BCUT2D eigenvalue weighted by Crippen LogP contribution is 2.41. The third-order valence-corrected chi connectivity index (χ3v) is 9.73. The lowest BCUT2D eigenvalue weighted by molar-refractivity contribution is 0.307. The number of aromatic nitrogens is 1. The molecular formula is C39H30N2O3S. The van der Waals surface area contributed by atoms with Crippen LogP contribution in [0.4, 0.5) is 0 Å². The van der Waals surface area contributed by atoms with Gasteiger partial charge in [-0.25, -0.2) is 4.99 Å². The molecule has 0 saturated carbocycles. The fourth-order valence-electron chi connectivity index (χ4n) is 6.58. The van der Waals surface area contributed by atoms with Crippen LogP contribution in [-0.4, -0.2) is 11.7 Å². The van der Waals surface area contributed by atoms with Gasteiger partial charge in [0.2, 0.25) is 0 Å². The van der Waals surface area contributed by atoms with E-state index in [1.54, 1.807) is 7.11 Å². The molecule has 0 fully saturated rings. The van der Waals surface area contributed by atoms with E-state index >= 15 is 0 Å². The molecule has 6 heteroatoms. The average molecular weight is 607 g/mol. The average Bonchev–Trinajstić information content (AvgIpc) is 3.40. The highest BCUT2D eigenvalue weighted by Gasteiger charge is 2.32. The van der Waals surface area contributed by atoms with Crippen molar-refractivity contribution in [3.05, 3.63) is 168 Å². The van der Waals surface area contributed by atoms with Gasteiger partial charge in [-0.2, -0.15) is 0 Å². The minimum Gasteiger partial charge on any atom is -0.497 e. The number of thiazole rings is 1. The van der Waals surface area contributed by atoms with Crippen LogP contribution in [0.15, 0.2) is 131 Å². The molecule has 8 rings (SSSR count). The number of para-hydroxylation sites is 1. The molecule has 45 heavy (non-hydrogen) atoms. The zero-order valence-electron chi connectivity index (χ0n) is 24.8. The summed E-state index contributed by atoms with van der Waals surface area (Å²) in [5.74, 6) is 1.50. The smallest absolute Gasteiger partial charge is 0.271 e. The van der Waals surface area contributed by atoms with E-state index in [4.69, 9.17) is 14.5 Å². The normalized spacial score (nSPS) is 15.7. The first-order valence-electron chi connectivity index (χ1n) is 15.1. The van der Waals surface area contributed by atoms with Gasteiger partial charge >= 0.3 is 0 Å². The van der Waals surface area contributed by atoms with Crippen molar-refractivity contribution in [1.29, 1.82) is 0 Å². The molecule has 0 saturated heterocycles. The van der Waals surface area contributed by atoms with Crippen molar-refractivity contribution < 1.29 is 9.47 Å². The van der Waals surface area contributed by atoms with Gasteiger partial charge in [0.15, 0.2) is 4.80 Å². The van der Waals surface area contributed by atoms with Gasteiger partial charge in [0.25, 0.3) is 5.56 Å². The first kappa shape index (κ1) is 27.4. The number of hydrogen-bond donors (Lipinski definition) is 0. The van der Waals surface area contributed by atoms with Gasteiger partial charge in [-0.1, -0.05) is 108 Å². The first-order valence-corrected chi connectivity index (χ1v) is 15.9. The zero-order valence-corrected chi connectivity index (χ0v) is 25.6. The fraction of sp³-hybridized carbons (Fsp3) is 0.128. The Hall–Kier alpha value is -5.20. The Kier molecular flexibility index (Phi) is 6.92. The van der Waals surface area contributed by atoms with E-state index in [1.807, 2.05) is 59.2 Å². The van der Waals surface area contributed by atoms with Crippen molar-refractivity contribution in [2.24, 2.45) is 4.99 Å². The second kappa shape index (κ2) is 11.4. The number of ether oxygens (including phenoxy) is 2. The van der Waals surface area contributed by atoms with Crippen LogP contribution in [-0.2, 0) is 13.0 Å². The van der Waals surface area contributed by atoms with Gasteiger partial charge in [-0.3, -0.25) is 9.36 Å². The monoisotopic (exact) mass is 606 g/mol. The topological polar surface area (TPSA) is 52.8 Å². The molecule has 1 unspecified atom stereocenters. The van der Waals surface area contributed by atoms with Crippen LogP contribution in [0.1, 0.15) is 40.3 Å². The Bertz CT molecular complexity index is 2310. The molecule has 5 nitrogen and oxygen atoms in total. The molecule has 5 aromatic carbocycles. The summed E-state index contributed by atoms with van der Waals surface area (Å²) in [4.78, 5) is 20.2. The molecule has 0 bridgehead atoms. The summed E-state index contributed by atoms with van der Waals surface area (Å²) in [6.07, 6.45) is 3.70. The highest BCUT2D eigenvalue weighted by atomic mass is 32.1. The number of fused-ring (bicyclic) bond motifs is 4. The van der Waals surface area contributed by atoms with Gasteiger partial charge in [-0.15, -0.1) is 0 Å². The molecule has 1 aliphatic heterocycles. The van der Waals surface area contributed by atoms with E-state index in [1.165, 1.54) is 33.2 Å². The molecular weight excluding hydrogens is 577 g/mol. The molecule has 6 aromatic rings. The van der Waals surface area contributed by atoms with E-state index < -0.39 is 0 Å². The Balaban J connectivity index is 1.24. The largest absolute Gasteiger partial charge is 0.497 e. The fourth-order valence-corrected chi connectivity index (χ4v) is 7.57. The SMILES string of the molecule is COc1cccc(C2C3=C(N=c4sc(=Cc5ccccc5OCc5cccc6ccccc56)c(=O)n42)c2ccccc2CC3)c1. The third kappa shape index (κ3) is 4.88. The lowest BCUT2D eigenvalue weighted by atomic mass is 9.83. The van der Waals surface area contributed by atoms with Crippen LogP contribution in [0, 0.1) is 0 Å². The predicted molar refractivity (Wildman–Crippen MR) is 180 cm³/mol. The van der Waals surface area contributed by atoms with Crippen molar-refractivity contribution in [3.63, 3.8) is 0 Å². The van der Waals surface area contributed by atoms with Gasteiger partial charge < -0.3 is 9.47 Å².